The molecule has 0 amide bonds. The third-order valence-electron chi connectivity index (χ3n) is 15.2. The minimum Gasteiger partial charge on any atom is -1.00 e. The number of esters is 2. The fourth-order valence-electron chi connectivity index (χ4n) is 9.77. The van der Waals surface area contributed by atoms with Crippen molar-refractivity contribution in [1.29, 1.82) is 0 Å². The van der Waals surface area contributed by atoms with Crippen LogP contribution in [0.1, 0.15) is 193 Å². The monoisotopic (exact) mass is 1890 g/mol. The van der Waals surface area contributed by atoms with Gasteiger partial charge in [0.15, 0.2) is 29.4 Å². The van der Waals surface area contributed by atoms with E-state index in [2.05, 4.69) is 267 Å². The van der Waals surface area contributed by atoms with Crippen LogP contribution in [-0.2, 0) is 73.8 Å². The van der Waals surface area contributed by atoms with E-state index in [1.165, 1.54) is 164 Å². The van der Waals surface area contributed by atoms with Crippen molar-refractivity contribution in [3.05, 3.63) is 182 Å². The van der Waals surface area contributed by atoms with Gasteiger partial charge in [0, 0.05) is 22.6 Å². The fraction of sp³-hybridized carbons (Fsp3) is 0.500. The first-order chi connectivity index (χ1) is 52.4. The van der Waals surface area contributed by atoms with Gasteiger partial charge >= 0.3 is 92.8 Å². The van der Waals surface area contributed by atoms with Crippen LogP contribution >= 0.6 is 83.9 Å². The van der Waals surface area contributed by atoms with E-state index in [1.54, 1.807) is 0 Å². The Balaban J connectivity index is -0.00000127. The Morgan fingerprint density at radius 3 is 0.685 bits per heavy atom. The van der Waals surface area contributed by atoms with E-state index in [0.29, 0.717) is 19.4 Å². The van der Waals surface area contributed by atoms with Crippen molar-refractivity contribution in [2.45, 2.75) is 238 Å². The molecule has 16 nitrogen and oxygen atoms in total. The van der Waals surface area contributed by atoms with Gasteiger partial charge in [0.05, 0.1) is 35.0 Å². The van der Waals surface area contributed by atoms with Crippen molar-refractivity contribution in [2.24, 2.45) is 0 Å². The van der Waals surface area contributed by atoms with E-state index in [-0.39, 0.29) is 107 Å². The molecule has 0 aliphatic heterocycles. The standard InChI is InChI=1S/2C18H15S.2C14H25BrF2O5S.C12H25BrO.C2H2F2O5S.ClH.2Na/c2*1-4-10-16(11-5-1)19(17-12-6-2-7-13-17)18-14-8-3-9-15-18;2*15-11-9-7-5-3-1-2-4-6-8-10-12-20-13(18)14(16,17)23-22-21-19;13-11-9-7-5-3-1-2-4-6-8-10-12-14;3-2(4,1(5)6)10-9-8-7;;;/h2*1-15H;2*19H,1-12H2;14H,1-12H2;7H,(H,5,6);1H;;/q2*+1;;;;;;2*+1/p-4. The number of hydrogen-bond acceptors (Lipinski definition) is 18. The summed E-state index contributed by atoms with van der Waals surface area (Å²) in [5.74, 6) is -5.87. The summed E-state index contributed by atoms with van der Waals surface area (Å²) in [6.45, 7) is 0.228. The van der Waals surface area contributed by atoms with Crippen LogP contribution in [-0.4, -0.2) is 79.7 Å². The maximum atomic E-state index is 13.0. The molecule has 111 heavy (non-hydrogen) atoms. The first kappa shape index (κ1) is 114. The smallest absolute Gasteiger partial charge is 1.00 e. The molecule has 0 aliphatic rings. The number of ether oxygens (including phenoxy) is 2. The van der Waals surface area contributed by atoms with Crippen LogP contribution in [0.3, 0.4) is 0 Å². The maximum Gasteiger partial charge on any atom is 1.00 e. The number of halogens is 10. The molecule has 0 fully saturated rings. The molecule has 2 N–H and O–H groups in total. The van der Waals surface area contributed by atoms with E-state index >= 15 is 0 Å². The largest absolute Gasteiger partial charge is 1.00 e. The molecule has 33 heteroatoms. The average Bonchev–Trinajstić information content (AvgIpc) is 0.825. The van der Waals surface area contributed by atoms with Gasteiger partial charge in [0.25, 0.3) is 0 Å². The van der Waals surface area contributed by atoms with Crippen molar-refractivity contribution >= 4 is 124 Å². The second kappa shape index (κ2) is 78.3. The Hall–Kier alpha value is -1.61. The van der Waals surface area contributed by atoms with Crippen molar-refractivity contribution in [3.63, 3.8) is 0 Å². The maximum absolute atomic E-state index is 13.0. The van der Waals surface area contributed by atoms with Crippen molar-refractivity contribution in [1.82, 2.24) is 0 Å². The number of aliphatic hydroxyl groups excluding tert-OH is 1. The van der Waals surface area contributed by atoms with Crippen molar-refractivity contribution in [3.8, 4) is 0 Å². The molecule has 0 saturated heterocycles. The Morgan fingerprint density at radius 1 is 0.324 bits per heavy atom. The van der Waals surface area contributed by atoms with Gasteiger partial charge in [-0.3, -0.25) is 15.1 Å². The van der Waals surface area contributed by atoms with Gasteiger partial charge in [-0.2, -0.15) is 39.3 Å². The van der Waals surface area contributed by atoms with Gasteiger partial charge in [-0.05, 0) is 111 Å². The molecule has 0 bridgehead atoms. The van der Waals surface area contributed by atoms with E-state index < -0.39 is 69.8 Å². The molecular weight excluding hydrogens is 1790 g/mol. The Kier molecular flexibility index (Phi) is 80.0. The first-order valence-electron chi connectivity index (χ1n) is 36.1. The zero-order valence-electron chi connectivity index (χ0n) is 63.2. The zero-order chi connectivity index (χ0) is 79.3. The van der Waals surface area contributed by atoms with Gasteiger partial charge in [0.1, 0.15) is 36.1 Å². The van der Waals surface area contributed by atoms with Crippen molar-refractivity contribution in [2.75, 3.05) is 35.8 Å². The molecule has 0 unspecified atom stereocenters. The van der Waals surface area contributed by atoms with Crippen molar-refractivity contribution < 1.29 is 176 Å². The molecule has 0 atom stereocenters. The topological polar surface area (TPSA) is 235 Å². The third-order valence-corrected chi connectivity index (χ3v) is 22.8. The minimum atomic E-state index is -4.16. The summed E-state index contributed by atoms with van der Waals surface area (Å²) in [7, 11) is -0.0293. The number of aliphatic hydroxyl groups is 1. The number of carbonyl (C=O) groups excluding carboxylic acids is 2. The molecule has 0 spiro atoms. The summed E-state index contributed by atoms with van der Waals surface area (Å²) in [6, 6.07) is 64.3. The Bertz CT molecular complexity index is 2680. The Morgan fingerprint density at radius 2 is 0.505 bits per heavy atom. The van der Waals surface area contributed by atoms with Crippen LogP contribution in [0.15, 0.2) is 211 Å². The number of rotatable bonds is 53. The van der Waals surface area contributed by atoms with Crippen LogP contribution < -0.4 is 87.3 Å². The number of hydrogen-bond donors (Lipinski definition) is 2. The number of carbonyl (C=O) groups is 3. The molecule has 0 saturated carbocycles. The van der Waals surface area contributed by atoms with Crippen LogP contribution in [0.4, 0.5) is 26.3 Å². The number of aliphatic carboxylic acids is 1. The summed E-state index contributed by atoms with van der Waals surface area (Å²) < 4.78 is 94.2. The van der Waals surface area contributed by atoms with Crippen LogP contribution in [0, 0.1) is 0 Å². The predicted octanol–water partition coefficient (Wildman–Crippen LogP) is 13.0. The molecule has 614 valence electrons. The van der Waals surface area contributed by atoms with Crippen LogP contribution in [0.25, 0.3) is 0 Å². The quantitative estimate of drug-likeness (QED) is 0.00416. The number of alkyl halides is 9. The van der Waals surface area contributed by atoms with Crippen LogP contribution in [0.2, 0.25) is 0 Å². The molecule has 6 rings (SSSR count). The molecule has 0 radical (unpaired) electrons. The number of carboxylic acid groups (broad SMARTS) is 1. The summed E-state index contributed by atoms with van der Waals surface area (Å²) in [4.78, 5) is 39.7. The van der Waals surface area contributed by atoms with E-state index in [0.717, 1.165) is 60.9 Å². The second-order valence-electron chi connectivity index (χ2n) is 23.7. The normalized spacial score (nSPS) is 10.8. The predicted molar refractivity (Wildman–Crippen MR) is 424 cm³/mol. The molecule has 0 aliphatic carbocycles. The van der Waals surface area contributed by atoms with Gasteiger partial charge in [-0.25, -0.2) is 14.4 Å². The van der Waals surface area contributed by atoms with Gasteiger partial charge in [0.2, 0.25) is 0 Å². The molecular formula is C78H104Br3ClF6Na2O16S5. The SMILES string of the molecule is O=C(O)C(F)(F)SOO[O-].O=C(OCCCCCCCCCCCCBr)C(F)(F)SOO[O-].O=C(OCCCCCCCCCCCCBr)C(F)(F)SOO[O-].OCCCCCCCCCCCCBr.[Cl-].[Na+].[Na+].c1ccc([S+](c2ccccc2)c2ccccc2)cc1.c1ccc([S+](c2ccccc2)c2ccccc2)cc1. The summed E-state index contributed by atoms with van der Waals surface area (Å²) >= 11 is 8.03. The summed E-state index contributed by atoms with van der Waals surface area (Å²) in [6.07, 6.45) is 35.0. The van der Waals surface area contributed by atoms with E-state index in [9.17, 15) is 51.2 Å². The van der Waals surface area contributed by atoms with E-state index in [4.69, 9.17) is 15.5 Å². The molecule has 0 heterocycles. The van der Waals surface area contributed by atoms with Gasteiger partial charge < -0.3 is 47.9 Å². The summed E-state index contributed by atoms with van der Waals surface area (Å²) in [5, 5.41) is 43.3. The number of benzene rings is 6. The minimum absolute atomic E-state index is 0. The van der Waals surface area contributed by atoms with E-state index in [1.807, 2.05) is 0 Å². The summed E-state index contributed by atoms with van der Waals surface area (Å²) in [5.41, 5.74) is 0. The first-order valence-corrected chi connectivity index (χ1v) is 44.2. The molecule has 6 aromatic rings. The Labute approximate surface area is 747 Å². The van der Waals surface area contributed by atoms with Gasteiger partial charge in [-0.15, -0.1) is 0 Å². The third kappa shape index (κ3) is 60.5. The number of carboxylic acids is 1. The fourth-order valence-corrected chi connectivity index (χ4v) is 15.8. The number of unbranched alkanes of at least 4 members (excludes halogenated alkanes) is 27. The molecule has 6 aromatic carbocycles. The molecule has 0 aromatic heterocycles. The van der Waals surface area contributed by atoms with Gasteiger partial charge in [-0.1, -0.05) is 311 Å². The average molecular weight is 1890 g/mol. The second-order valence-corrected chi connectivity index (χ2v) is 32.6. The zero-order valence-corrected chi connectivity index (χ0v) is 76.8. The van der Waals surface area contributed by atoms with Crippen LogP contribution in [0.5, 0.6) is 0 Å².